The van der Waals surface area contributed by atoms with Gasteiger partial charge in [-0.15, -0.1) is 17.9 Å². The van der Waals surface area contributed by atoms with Crippen LogP contribution in [0, 0.1) is 6.92 Å². The molecule has 0 amide bonds. The van der Waals surface area contributed by atoms with Crippen molar-refractivity contribution in [3.05, 3.63) is 240 Å². The summed E-state index contributed by atoms with van der Waals surface area (Å²) in [7, 11) is 0. The summed E-state index contributed by atoms with van der Waals surface area (Å²) in [6.45, 7) is 10.9. The molecule has 8 aromatic carbocycles. The van der Waals surface area contributed by atoms with Crippen molar-refractivity contribution in [3.63, 3.8) is 0 Å². The van der Waals surface area contributed by atoms with E-state index in [-0.39, 0.29) is 11.3 Å². The molecule has 0 fully saturated rings. The van der Waals surface area contributed by atoms with Crippen molar-refractivity contribution in [2.75, 3.05) is 0 Å². The van der Waals surface area contributed by atoms with E-state index in [1.165, 1.54) is 109 Å². The monoisotopic (exact) mass is 841 g/mol. The van der Waals surface area contributed by atoms with Gasteiger partial charge < -0.3 is 4.57 Å². The van der Waals surface area contributed by atoms with Crippen molar-refractivity contribution in [1.29, 1.82) is 0 Å². The summed E-state index contributed by atoms with van der Waals surface area (Å²) in [6.07, 6.45) is 9.22. The molecule has 0 saturated carbocycles. The van der Waals surface area contributed by atoms with Gasteiger partial charge in [0, 0.05) is 48.3 Å². The van der Waals surface area contributed by atoms with Gasteiger partial charge in [-0.05, 0) is 141 Å². The zero-order chi connectivity index (χ0) is 43.4. The van der Waals surface area contributed by atoms with E-state index in [4.69, 9.17) is 0 Å². The van der Waals surface area contributed by atoms with Gasteiger partial charge in [-0.3, -0.25) is 0 Å². The van der Waals surface area contributed by atoms with Gasteiger partial charge in [0.25, 0.3) is 0 Å². The van der Waals surface area contributed by atoms with Crippen molar-refractivity contribution in [2.45, 2.75) is 51.4 Å². The summed E-state index contributed by atoms with van der Waals surface area (Å²) in [5.74, 6) is 0.246. The number of hydrogen-bond acceptors (Lipinski definition) is 1. The maximum Gasteiger partial charge on any atom is 0.0537 e. The highest BCUT2D eigenvalue weighted by molar-refractivity contribution is 7.25. The fourth-order valence-electron chi connectivity index (χ4n) is 10.4. The maximum atomic E-state index is 3.93. The first-order chi connectivity index (χ1) is 31.4. The SMILES string of the molecule is C=CC/C=C\c1c(C)c2cc(-c3ccc(CCC(c4ccc(-c5ccc6sc7ccccc7c6c5)cc4)c4ccc5c(c4)C(C)(C)c4ccccc4-5)cc3)ccc2n1-c1ccccc1. The molecule has 1 unspecified atom stereocenters. The highest BCUT2D eigenvalue weighted by atomic mass is 32.1. The number of para-hydroxylation sites is 1. The van der Waals surface area contributed by atoms with E-state index in [1.807, 2.05) is 17.4 Å². The van der Waals surface area contributed by atoms with E-state index in [2.05, 4.69) is 226 Å². The zero-order valence-electron chi connectivity index (χ0n) is 36.8. The topological polar surface area (TPSA) is 4.93 Å². The molecule has 0 radical (unpaired) electrons. The third kappa shape index (κ3) is 6.94. The Bertz CT molecular complexity index is 3390. The molecule has 10 aromatic rings. The number of rotatable bonds is 11. The molecule has 1 aliphatic carbocycles. The van der Waals surface area contributed by atoms with Gasteiger partial charge >= 0.3 is 0 Å². The van der Waals surface area contributed by atoms with Gasteiger partial charge in [0.15, 0.2) is 0 Å². The van der Waals surface area contributed by atoms with E-state index in [0.29, 0.717) is 0 Å². The molecule has 11 rings (SSSR count). The van der Waals surface area contributed by atoms with Gasteiger partial charge in [0.05, 0.1) is 5.52 Å². The van der Waals surface area contributed by atoms with Crippen LogP contribution < -0.4 is 0 Å². The van der Waals surface area contributed by atoms with Crippen LogP contribution in [0.3, 0.4) is 0 Å². The van der Waals surface area contributed by atoms with E-state index >= 15 is 0 Å². The third-order valence-corrected chi connectivity index (χ3v) is 15.1. The Hall–Kier alpha value is -7.00. The minimum Gasteiger partial charge on any atom is -0.310 e. The molecule has 1 nitrogen and oxygen atoms in total. The van der Waals surface area contributed by atoms with Gasteiger partial charge in [0.2, 0.25) is 0 Å². The number of benzene rings is 8. The van der Waals surface area contributed by atoms with E-state index in [9.17, 15) is 0 Å². The van der Waals surface area contributed by atoms with E-state index in [0.717, 1.165) is 19.3 Å². The average Bonchev–Trinajstić information content (AvgIpc) is 3.93. The summed E-state index contributed by atoms with van der Waals surface area (Å²) in [5, 5.41) is 3.96. The number of allylic oxidation sites excluding steroid dienone is 2. The largest absolute Gasteiger partial charge is 0.310 e. The first-order valence-corrected chi connectivity index (χ1v) is 23.5. The number of aryl methyl sites for hydroxylation is 2. The zero-order valence-corrected chi connectivity index (χ0v) is 37.6. The number of hydrogen-bond donors (Lipinski definition) is 0. The van der Waals surface area contributed by atoms with Crippen LogP contribution in [0.15, 0.2) is 201 Å². The van der Waals surface area contributed by atoms with E-state index < -0.39 is 0 Å². The first-order valence-electron chi connectivity index (χ1n) is 22.7. The standard InChI is InChI=1S/C62H51NS/c1-5-6-8-20-58-41(2)54-38-46(32-36-59(54)63(58)49-15-9-7-10-16-49)43-25-22-42(23-26-43)24-34-50(48-31-35-52-51-17-11-13-19-56(51)62(3,4)57(52)40-48)45-29-27-44(28-30-45)47-33-37-61-55(39-47)53-18-12-14-21-60(53)64-61/h5,7-23,25-33,35-40,50H,1,6,24,34H2,2-4H3/b20-8-. The van der Waals surface area contributed by atoms with Crippen LogP contribution >= 0.6 is 11.3 Å². The Kier molecular flexibility index (Phi) is 10.1. The second-order valence-electron chi connectivity index (χ2n) is 18.0. The van der Waals surface area contributed by atoms with E-state index in [1.54, 1.807) is 0 Å². The minimum atomic E-state index is -0.0495. The summed E-state index contributed by atoms with van der Waals surface area (Å²) in [5.41, 5.74) is 19.5. The number of thiophene rings is 1. The number of fused-ring (bicyclic) bond motifs is 7. The smallest absolute Gasteiger partial charge is 0.0537 e. The van der Waals surface area contributed by atoms with Gasteiger partial charge in [0.1, 0.15) is 0 Å². The molecule has 0 spiro atoms. The number of aromatic nitrogens is 1. The second kappa shape index (κ2) is 16.3. The molecule has 2 heterocycles. The molecule has 0 aliphatic heterocycles. The maximum absolute atomic E-state index is 3.93. The molecule has 64 heavy (non-hydrogen) atoms. The lowest BCUT2D eigenvalue weighted by Gasteiger charge is -2.24. The fraction of sp³-hybridized carbons (Fsp3) is 0.129. The highest BCUT2D eigenvalue weighted by Crippen LogP contribution is 2.50. The number of nitrogens with zero attached hydrogens (tertiary/aromatic N) is 1. The lowest BCUT2D eigenvalue weighted by molar-refractivity contribution is 0.654. The van der Waals surface area contributed by atoms with Crippen LogP contribution in [-0.4, -0.2) is 4.57 Å². The lowest BCUT2D eigenvalue weighted by Crippen LogP contribution is -2.15. The molecular formula is C62H51NS. The second-order valence-corrected chi connectivity index (χ2v) is 19.1. The van der Waals surface area contributed by atoms with Crippen molar-refractivity contribution in [2.24, 2.45) is 0 Å². The Morgan fingerprint density at radius 1 is 0.578 bits per heavy atom. The minimum absolute atomic E-state index is 0.0495. The average molecular weight is 842 g/mol. The van der Waals surface area contributed by atoms with Crippen LogP contribution in [-0.2, 0) is 11.8 Å². The molecule has 0 bridgehead atoms. The molecule has 0 saturated heterocycles. The fourth-order valence-corrected chi connectivity index (χ4v) is 11.5. The predicted molar refractivity (Wildman–Crippen MR) is 276 cm³/mol. The Morgan fingerprint density at radius 3 is 2.02 bits per heavy atom. The van der Waals surface area contributed by atoms with Gasteiger partial charge in [-0.25, -0.2) is 0 Å². The Balaban J connectivity index is 0.905. The summed E-state index contributed by atoms with van der Waals surface area (Å²) in [4.78, 5) is 0. The van der Waals surface area contributed by atoms with Gasteiger partial charge in [-0.2, -0.15) is 0 Å². The van der Waals surface area contributed by atoms with Crippen molar-refractivity contribution < 1.29 is 0 Å². The quantitative estimate of drug-likeness (QED) is 0.114. The van der Waals surface area contributed by atoms with Crippen molar-refractivity contribution >= 4 is 48.5 Å². The summed E-state index contributed by atoms with van der Waals surface area (Å²) in [6, 6.07) is 68.4. The molecule has 2 aromatic heterocycles. The van der Waals surface area contributed by atoms with Crippen molar-refractivity contribution in [3.8, 4) is 39.1 Å². The van der Waals surface area contributed by atoms with Crippen LogP contribution in [0.2, 0.25) is 0 Å². The molecule has 310 valence electrons. The summed E-state index contributed by atoms with van der Waals surface area (Å²) < 4.78 is 5.07. The van der Waals surface area contributed by atoms with Crippen molar-refractivity contribution in [1.82, 2.24) is 4.57 Å². The Labute approximate surface area is 381 Å². The molecule has 2 heteroatoms. The predicted octanol–water partition coefficient (Wildman–Crippen LogP) is 17.3. The summed E-state index contributed by atoms with van der Waals surface area (Å²) >= 11 is 1.88. The first kappa shape index (κ1) is 39.8. The highest BCUT2D eigenvalue weighted by Gasteiger charge is 2.35. The third-order valence-electron chi connectivity index (χ3n) is 13.9. The lowest BCUT2D eigenvalue weighted by atomic mass is 9.79. The molecule has 1 atom stereocenters. The molecule has 1 aliphatic rings. The van der Waals surface area contributed by atoms with Crippen LogP contribution in [0.25, 0.3) is 76.2 Å². The molecule has 0 N–H and O–H groups in total. The van der Waals surface area contributed by atoms with Crippen LogP contribution in [0.4, 0.5) is 0 Å². The van der Waals surface area contributed by atoms with Crippen LogP contribution in [0.5, 0.6) is 0 Å². The normalized spacial score (nSPS) is 13.5. The van der Waals surface area contributed by atoms with Gasteiger partial charge in [-0.1, -0.05) is 166 Å². The Morgan fingerprint density at radius 2 is 1.22 bits per heavy atom. The molecular weight excluding hydrogens is 791 g/mol. The van der Waals surface area contributed by atoms with Crippen LogP contribution in [0.1, 0.15) is 71.7 Å².